The molecule has 0 radical (unpaired) electrons. The number of amides is 1. The SMILES string of the molecule is COCC(CO)NC(=O)C1Cc2ccccc2N1. The zero-order valence-corrected chi connectivity index (χ0v) is 10.3. The van der Waals surface area contributed by atoms with Crippen LogP contribution in [0.25, 0.3) is 0 Å². The van der Waals surface area contributed by atoms with Gasteiger partial charge in [-0.05, 0) is 11.6 Å². The van der Waals surface area contributed by atoms with Crippen molar-refractivity contribution in [2.75, 3.05) is 25.6 Å². The van der Waals surface area contributed by atoms with Gasteiger partial charge in [0.05, 0.1) is 19.3 Å². The van der Waals surface area contributed by atoms with E-state index in [0.717, 1.165) is 11.3 Å². The van der Waals surface area contributed by atoms with Gasteiger partial charge >= 0.3 is 0 Å². The van der Waals surface area contributed by atoms with Crippen molar-refractivity contribution in [1.29, 1.82) is 0 Å². The van der Waals surface area contributed by atoms with E-state index in [0.29, 0.717) is 13.0 Å². The number of hydrogen-bond donors (Lipinski definition) is 3. The lowest BCUT2D eigenvalue weighted by molar-refractivity contribution is -0.123. The summed E-state index contributed by atoms with van der Waals surface area (Å²) >= 11 is 0. The highest BCUT2D eigenvalue weighted by Crippen LogP contribution is 2.25. The molecule has 2 atom stereocenters. The highest BCUT2D eigenvalue weighted by atomic mass is 16.5. The van der Waals surface area contributed by atoms with Crippen LogP contribution in [0.3, 0.4) is 0 Å². The average molecular weight is 250 g/mol. The number of rotatable bonds is 5. The van der Waals surface area contributed by atoms with Crippen LogP contribution in [-0.2, 0) is 16.0 Å². The van der Waals surface area contributed by atoms with E-state index in [2.05, 4.69) is 10.6 Å². The van der Waals surface area contributed by atoms with Crippen LogP contribution in [0.2, 0.25) is 0 Å². The Hall–Kier alpha value is -1.59. The fourth-order valence-electron chi connectivity index (χ4n) is 2.10. The summed E-state index contributed by atoms with van der Waals surface area (Å²) in [5, 5.41) is 15.0. The van der Waals surface area contributed by atoms with Gasteiger partial charge in [0.2, 0.25) is 5.91 Å². The largest absolute Gasteiger partial charge is 0.394 e. The fraction of sp³-hybridized carbons (Fsp3) is 0.462. The summed E-state index contributed by atoms with van der Waals surface area (Å²) in [5.74, 6) is -0.109. The Kier molecular flexibility index (Phi) is 4.17. The first kappa shape index (κ1) is 12.9. The van der Waals surface area contributed by atoms with Crippen molar-refractivity contribution in [2.45, 2.75) is 18.5 Å². The second kappa shape index (κ2) is 5.84. The van der Waals surface area contributed by atoms with Gasteiger partial charge in [-0.1, -0.05) is 18.2 Å². The Labute approximate surface area is 106 Å². The van der Waals surface area contributed by atoms with E-state index >= 15 is 0 Å². The lowest BCUT2D eigenvalue weighted by Crippen LogP contribution is -2.47. The highest BCUT2D eigenvalue weighted by Gasteiger charge is 2.27. The van der Waals surface area contributed by atoms with Crippen molar-refractivity contribution < 1.29 is 14.6 Å². The molecule has 18 heavy (non-hydrogen) atoms. The number of carbonyl (C=O) groups excluding carboxylic acids is 1. The van der Waals surface area contributed by atoms with Gasteiger partial charge in [0.15, 0.2) is 0 Å². The lowest BCUT2D eigenvalue weighted by atomic mass is 10.1. The molecule has 0 aromatic heterocycles. The van der Waals surface area contributed by atoms with Gasteiger partial charge in [0, 0.05) is 19.2 Å². The number of fused-ring (bicyclic) bond motifs is 1. The Morgan fingerprint density at radius 2 is 2.39 bits per heavy atom. The quantitative estimate of drug-likeness (QED) is 0.695. The summed E-state index contributed by atoms with van der Waals surface area (Å²) in [5.41, 5.74) is 2.15. The molecule has 1 aliphatic heterocycles. The summed E-state index contributed by atoms with van der Waals surface area (Å²) in [6, 6.07) is 7.24. The summed E-state index contributed by atoms with van der Waals surface area (Å²) in [7, 11) is 1.54. The minimum absolute atomic E-state index is 0.109. The number of anilines is 1. The number of hydrogen-bond acceptors (Lipinski definition) is 4. The monoisotopic (exact) mass is 250 g/mol. The molecule has 1 heterocycles. The van der Waals surface area contributed by atoms with Crippen LogP contribution in [0.1, 0.15) is 5.56 Å². The number of ether oxygens (including phenoxy) is 1. The first-order chi connectivity index (χ1) is 8.74. The Morgan fingerprint density at radius 1 is 1.61 bits per heavy atom. The number of benzene rings is 1. The van der Waals surface area contributed by atoms with Crippen LogP contribution in [0, 0.1) is 0 Å². The van der Waals surface area contributed by atoms with E-state index in [4.69, 9.17) is 9.84 Å². The zero-order valence-electron chi connectivity index (χ0n) is 10.3. The van der Waals surface area contributed by atoms with Crippen LogP contribution in [0.4, 0.5) is 5.69 Å². The second-order valence-electron chi connectivity index (χ2n) is 4.40. The molecule has 5 heteroatoms. The molecule has 2 rings (SSSR count). The molecule has 3 N–H and O–H groups in total. The summed E-state index contributed by atoms with van der Waals surface area (Å²) in [6.45, 7) is 0.182. The zero-order chi connectivity index (χ0) is 13.0. The van der Waals surface area contributed by atoms with Gasteiger partial charge < -0.3 is 20.5 Å². The van der Waals surface area contributed by atoms with Crippen LogP contribution < -0.4 is 10.6 Å². The van der Waals surface area contributed by atoms with Gasteiger partial charge in [0.25, 0.3) is 0 Å². The van der Waals surface area contributed by atoms with E-state index in [-0.39, 0.29) is 24.6 Å². The molecule has 1 aromatic carbocycles. The second-order valence-corrected chi connectivity index (χ2v) is 4.40. The van der Waals surface area contributed by atoms with Crippen LogP contribution in [0.5, 0.6) is 0 Å². The topological polar surface area (TPSA) is 70.6 Å². The van der Waals surface area contributed by atoms with Gasteiger partial charge in [-0.3, -0.25) is 4.79 Å². The predicted molar refractivity (Wildman–Crippen MR) is 68.4 cm³/mol. The standard InChI is InChI=1S/C13H18N2O3/c1-18-8-10(7-16)14-13(17)12-6-9-4-2-3-5-11(9)15-12/h2-5,10,12,15-16H,6-8H2,1H3,(H,14,17). The molecule has 0 aliphatic carbocycles. The number of aliphatic hydroxyl groups is 1. The first-order valence-corrected chi connectivity index (χ1v) is 5.99. The van der Waals surface area contributed by atoms with E-state index in [1.165, 1.54) is 0 Å². The Morgan fingerprint density at radius 3 is 3.06 bits per heavy atom. The number of para-hydroxylation sites is 1. The van der Waals surface area contributed by atoms with Crippen molar-refractivity contribution in [3.63, 3.8) is 0 Å². The molecule has 1 amide bonds. The summed E-state index contributed by atoms with van der Waals surface area (Å²) < 4.78 is 4.93. The fourth-order valence-corrected chi connectivity index (χ4v) is 2.10. The minimum atomic E-state index is -0.354. The van der Waals surface area contributed by atoms with Crippen molar-refractivity contribution >= 4 is 11.6 Å². The molecule has 1 aliphatic rings. The smallest absolute Gasteiger partial charge is 0.243 e. The van der Waals surface area contributed by atoms with Gasteiger partial charge in [-0.2, -0.15) is 0 Å². The molecular weight excluding hydrogens is 232 g/mol. The Balaban J connectivity index is 1.92. The summed E-state index contributed by atoms with van der Waals surface area (Å²) in [4.78, 5) is 12.0. The van der Waals surface area contributed by atoms with Crippen molar-refractivity contribution in [3.05, 3.63) is 29.8 Å². The minimum Gasteiger partial charge on any atom is -0.394 e. The number of nitrogens with one attached hydrogen (secondary N) is 2. The molecule has 98 valence electrons. The van der Waals surface area contributed by atoms with E-state index in [1.54, 1.807) is 7.11 Å². The highest BCUT2D eigenvalue weighted by molar-refractivity contribution is 5.87. The van der Waals surface area contributed by atoms with Crippen LogP contribution >= 0.6 is 0 Å². The summed E-state index contributed by atoms with van der Waals surface area (Å²) in [6.07, 6.45) is 0.674. The van der Waals surface area contributed by atoms with Gasteiger partial charge in [-0.15, -0.1) is 0 Å². The third-order valence-electron chi connectivity index (χ3n) is 3.02. The Bertz CT molecular complexity index is 397. The number of methoxy groups -OCH3 is 1. The molecule has 0 bridgehead atoms. The normalized spacial score (nSPS) is 18.9. The molecule has 0 saturated carbocycles. The van der Waals surface area contributed by atoms with Crippen molar-refractivity contribution in [2.24, 2.45) is 0 Å². The average Bonchev–Trinajstić information content (AvgIpc) is 2.82. The van der Waals surface area contributed by atoms with Gasteiger partial charge in [-0.25, -0.2) is 0 Å². The maximum atomic E-state index is 12.0. The van der Waals surface area contributed by atoms with Crippen molar-refractivity contribution in [3.8, 4) is 0 Å². The molecule has 2 unspecified atom stereocenters. The number of aliphatic hydroxyl groups excluding tert-OH is 1. The first-order valence-electron chi connectivity index (χ1n) is 5.99. The molecule has 0 spiro atoms. The lowest BCUT2D eigenvalue weighted by Gasteiger charge is -2.18. The molecule has 5 nitrogen and oxygen atoms in total. The number of carbonyl (C=O) groups is 1. The molecule has 0 saturated heterocycles. The van der Waals surface area contributed by atoms with E-state index < -0.39 is 0 Å². The van der Waals surface area contributed by atoms with E-state index in [9.17, 15) is 4.79 Å². The molecule has 1 aromatic rings. The third-order valence-corrected chi connectivity index (χ3v) is 3.02. The van der Waals surface area contributed by atoms with Crippen LogP contribution in [0.15, 0.2) is 24.3 Å². The maximum Gasteiger partial charge on any atom is 0.243 e. The molecule has 0 fully saturated rings. The maximum absolute atomic E-state index is 12.0. The van der Waals surface area contributed by atoms with Crippen molar-refractivity contribution in [1.82, 2.24) is 5.32 Å². The third kappa shape index (κ3) is 2.80. The predicted octanol–water partition coefficient (Wildman–Crippen LogP) is 0.147. The molecular formula is C13H18N2O3. The van der Waals surface area contributed by atoms with Crippen LogP contribution in [-0.4, -0.2) is 43.4 Å². The van der Waals surface area contributed by atoms with Gasteiger partial charge in [0.1, 0.15) is 6.04 Å². The van der Waals surface area contributed by atoms with E-state index in [1.807, 2.05) is 24.3 Å².